The fraction of sp³-hybridized carbons (Fsp3) is 0.154. The molecule has 6 N–H and O–H groups in total. The Morgan fingerprint density at radius 3 is 2.59 bits per heavy atom. The van der Waals surface area contributed by atoms with Crippen molar-refractivity contribution >= 4 is 22.9 Å². The van der Waals surface area contributed by atoms with E-state index in [4.69, 9.17) is 17.2 Å². The van der Waals surface area contributed by atoms with E-state index in [0.717, 1.165) is 5.65 Å². The molecule has 3 aromatic rings. The lowest BCUT2D eigenvalue weighted by Crippen LogP contribution is -2.12. The van der Waals surface area contributed by atoms with Crippen molar-refractivity contribution in [3.8, 4) is 0 Å². The topological polar surface area (TPSA) is 152 Å². The highest BCUT2D eigenvalue weighted by atomic mass is 16.1. The number of pyridine rings is 1. The molecule has 0 fully saturated rings. The van der Waals surface area contributed by atoms with Crippen LogP contribution < -0.4 is 17.2 Å². The van der Waals surface area contributed by atoms with E-state index in [1.807, 2.05) is 4.57 Å². The third kappa shape index (κ3) is 3.52. The van der Waals surface area contributed by atoms with Gasteiger partial charge in [0, 0.05) is 19.3 Å². The number of carbonyl (C=O) groups is 1. The summed E-state index contributed by atoms with van der Waals surface area (Å²) < 4.78 is 1.85. The lowest BCUT2D eigenvalue weighted by molar-refractivity contribution is 0.0995. The number of nitrogens with two attached hydrogens (primary N) is 3. The zero-order valence-electron chi connectivity index (χ0n) is 11.8. The Balaban J connectivity index is 0.000000172. The molecule has 0 saturated heterocycles. The number of nitrogen functional groups attached to an aromatic ring is 1. The lowest BCUT2D eigenvalue weighted by Gasteiger charge is -1.99. The van der Waals surface area contributed by atoms with Gasteiger partial charge in [-0.2, -0.15) is 0 Å². The molecule has 22 heavy (non-hydrogen) atoms. The van der Waals surface area contributed by atoms with Crippen molar-refractivity contribution in [3.05, 3.63) is 42.7 Å². The fourth-order valence-corrected chi connectivity index (χ4v) is 1.71. The average molecular weight is 300 g/mol. The number of hydrogen-bond donors (Lipinski definition) is 3. The zero-order valence-corrected chi connectivity index (χ0v) is 11.8. The molecule has 0 bridgehead atoms. The minimum atomic E-state index is -0.490. The van der Waals surface area contributed by atoms with E-state index in [9.17, 15) is 4.79 Å². The summed E-state index contributed by atoms with van der Waals surface area (Å²) in [4.78, 5) is 26.1. The second-order valence-electron chi connectivity index (χ2n) is 4.24. The molecule has 0 unspecified atom stereocenters. The molecule has 9 heteroatoms. The van der Waals surface area contributed by atoms with Crippen LogP contribution in [-0.2, 0) is 6.54 Å². The second kappa shape index (κ2) is 7.09. The van der Waals surface area contributed by atoms with E-state index in [-0.39, 0.29) is 0 Å². The molecular weight excluding hydrogens is 284 g/mol. The van der Waals surface area contributed by atoms with Gasteiger partial charge in [-0.1, -0.05) is 6.07 Å². The molecule has 0 saturated carbocycles. The Bertz CT molecular complexity index is 755. The number of imidazole rings is 1. The van der Waals surface area contributed by atoms with Gasteiger partial charge < -0.3 is 21.8 Å². The van der Waals surface area contributed by atoms with Crippen LogP contribution in [0.4, 0.5) is 5.82 Å². The average Bonchev–Trinajstić information content (AvgIpc) is 2.94. The van der Waals surface area contributed by atoms with Crippen LogP contribution in [-0.4, -0.2) is 37.0 Å². The molecule has 0 aliphatic heterocycles. The number of anilines is 1. The van der Waals surface area contributed by atoms with E-state index in [1.165, 1.54) is 12.5 Å². The normalized spacial score (nSPS) is 10.0. The third-order valence-electron chi connectivity index (χ3n) is 2.72. The lowest BCUT2D eigenvalue weighted by atomic mass is 10.3. The van der Waals surface area contributed by atoms with Gasteiger partial charge in [0.2, 0.25) is 0 Å². The number of primary amides is 1. The van der Waals surface area contributed by atoms with E-state index in [0.29, 0.717) is 30.1 Å². The molecule has 0 aliphatic rings. The minimum absolute atomic E-state index is 0.303. The van der Waals surface area contributed by atoms with Gasteiger partial charge in [-0.15, -0.1) is 0 Å². The molecule has 0 spiro atoms. The monoisotopic (exact) mass is 300 g/mol. The Labute approximate surface area is 126 Å². The van der Waals surface area contributed by atoms with Crippen LogP contribution in [0.2, 0.25) is 0 Å². The molecule has 0 aliphatic carbocycles. The van der Waals surface area contributed by atoms with Gasteiger partial charge in [0.15, 0.2) is 11.5 Å². The molecule has 3 heterocycles. The summed E-state index contributed by atoms with van der Waals surface area (Å²) in [5.41, 5.74) is 17.6. The van der Waals surface area contributed by atoms with Gasteiger partial charge in [0.05, 0.1) is 6.33 Å². The molecule has 9 nitrogen and oxygen atoms in total. The van der Waals surface area contributed by atoms with Crippen LogP contribution in [0.3, 0.4) is 0 Å². The summed E-state index contributed by atoms with van der Waals surface area (Å²) in [6.45, 7) is 1.24. The van der Waals surface area contributed by atoms with Crippen molar-refractivity contribution in [1.29, 1.82) is 0 Å². The van der Waals surface area contributed by atoms with Crippen molar-refractivity contribution in [2.75, 3.05) is 12.3 Å². The van der Waals surface area contributed by atoms with Crippen molar-refractivity contribution in [2.45, 2.75) is 6.54 Å². The first kappa shape index (κ1) is 15.3. The van der Waals surface area contributed by atoms with E-state index < -0.39 is 5.91 Å². The number of carbonyl (C=O) groups excluding carboxylic acids is 1. The molecule has 1 amide bonds. The largest absolute Gasteiger partial charge is 0.382 e. The van der Waals surface area contributed by atoms with Gasteiger partial charge in [0.25, 0.3) is 5.91 Å². The van der Waals surface area contributed by atoms with Crippen molar-refractivity contribution in [2.24, 2.45) is 11.5 Å². The Morgan fingerprint density at radius 1 is 1.18 bits per heavy atom. The SMILES string of the molecule is NC(=O)c1ccccn1.NCCn1cnc2c(N)ncnc21. The van der Waals surface area contributed by atoms with Crippen molar-refractivity contribution in [3.63, 3.8) is 0 Å². The van der Waals surface area contributed by atoms with Gasteiger partial charge in [0.1, 0.15) is 17.5 Å². The number of amides is 1. The quantitative estimate of drug-likeness (QED) is 0.592. The van der Waals surface area contributed by atoms with Crippen LogP contribution in [0.1, 0.15) is 10.5 Å². The highest BCUT2D eigenvalue weighted by Crippen LogP contribution is 2.13. The summed E-state index contributed by atoms with van der Waals surface area (Å²) in [6, 6.07) is 5.02. The van der Waals surface area contributed by atoms with Gasteiger partial charge >= 0.3 is 0 Å². The predicted octanol–water partition coefficient (Wildman–Crippen LogP) is -0.452. The van der Waals surface area contributed by atoms with Crippen LogP contribution >= 0.6 is 0 Å². The summed E-state index contributed by atoms with van der Waals surface area (Å²) >= 11 is 0. The van der Waals surface area contributed by atoms with E-state index >= 15 is 0 Å². The highest BCUT2D eigenvalue weighted by Gasteiger charge is 2.05. The van der Waals surface area contributed by atoms with Gasteiger partial charge in [-0.3, -0.25) is 9.78 Å². The van der Waals surface area contributed by atoms with Crippen LogP contribution in [0.15, 0.2) is 37.1 Å². The number of nitrogens with zero attached hydrogens (tertiary/aromatic N) is 5. The Kier molecular flexibility index (Phi) is 4.94. The summed E-state index contributed by atoms with van der Waals surface area (Å²) in [5.74, 6) is -0.0867. The standard InChI is InChI=1S/C7H10N6.C6H6N2O/c8-1-2-13-4-12-5-6(9)10-3-11-7(5)13;7-6(9)5-3-1-2-4-8-5/h3-4H,1-2,8H2,(H2,9,10,11);1-4H,(H2,7,9). The highest BCUT2D eigenvalue weighted by molar-refractivity contribution is 5.90. The van der Waals surface area contributed by atoms with Gasteiger partial charge in [-0.25, -0.2) is 15.0 Å². The van der Waals surface area contributed by atoms with Crippen LogP contribution in [0, 0.1) is 0 Å². The maximum atomic E-state index is 10.4. The second-order valence-corrected chi connectivity index (χ2v) is 4.24. The molecule has 0 aromatic carbocycles. The van der Waals surface area contributed by atoms with Crippen molar-refractivity contribution in [1.82, 2.24) is 24.5 Å². The van der Waals surface area contributed by atoms with Crippen LogP contribution in [0.5, 0.6) is 0 Å². The molecular formula is C13H16N8O. The van der Waals surface area contributed by atoms with Gasteiger partial charge in [-0.05, 0) is 12.1 Å². The Morgan fingerprint density at radius 2 is 2.00 bits per heavy atom. The Hall–Kier alpha value is -3.07. The molecule has 3 rings (SSSR count). The number of fused-ring (bicyclic) bond motifs is 1. The first-order valence-corrected chi connectivity index (χ1v) is 6.45. The fourth-order valence-electron chi connectivity index (χ4n) is 1.71. The van der Waals surface area contributed by atoms with Crippen LogP contribution in [0.25, 0.3) is 11.2 Å². The summed E-state index contributed by atoms with van der Waals surface area (Å²) in [6.07, 6.45) is 4.62. The molecule has 114 valence electrons. The summed E-state index contributed by atoms with van der Waals surface area (Å²) in [5, 5.41) is 0. The summed E-state index contributed by atoms with van der Waals surface area (Å²) in [7, 11) is 0. The molecule has 3 aromatic heterocycles. The zero-order chi connectivity index (χ0) is 15.9. The number of rotatable bonds is 3. The molecule has 0 atom stereocenters. The molecule has 0 radical (unpaired) electrons. The predicted molar refractivity (Wildman–Crippen MR) is 81.5 cm³/mol. The third-order valence-corrected chi connectivity index (χ3v) is 2.72. The maximum Gasteiger partial charge on any atom is 0.267 e. The van der Waals surface area contributed by atoms with E-state index in [1.54, 1.807) is 24.5 Å². The number of aromatic nitrogens is 5. The smallest absolute Gasteiger partial charge is 0.267 e. The number of hydrogen-bond acceptors (Lipinski definition) is 7. The minimum Gasteiger partial charge on any atom is -0.382 e. The first-order valence-electron chi connectivity index (χ1n) is 6.45. The van der Waals surface area contributed by atoms with Crippen molar-refractivity contribution < 1.29 is 4.79 Å². The first-order chi connectivity index (χ1) is 10.6. The van der Waals surface area contributed by atoms with E-state index in [2.05, 4.69) is 19.9 Å². The maximum absolute atomic E-state index is 10.4.